The molecule has 1 fully saturated rings. The van der Waals surface area contributed by atoms with Crippen LogP contribution in [-0.4, -0.2) is 35.2 Å². The minimum atomic E-state index is -0.413. The first-order valence-electron chi connectivity index (χ1n) is 5.68. The van der Waals surface area contributed by atoms with E-state index in [1.165, 1.54) is 12.1 Å². The van der Waals surface area contributed by atoms with Crippen LogP contribution in [0.2, 0.25) is 0 Å². The summed E-state index contributed by atoms with van der Waals surface area (Å²) in [5, 5.41) is 10.8. The average molecular weight is 316 g/mol. The fourth-order valence-electron chi connectivity index (χ4n) is 2.10. The standard InChI is InChI=1S/C11H14BrN3O3/c1-7-5-14(6-8(2)18-7)11-4-9(15(16)17)3-10(12)13-11/h3-4,7-8H,5-6H2,1-2H3. The smallest absolute Gasteiger partial charge is 0.275 e. The molecule has 0 aliphatic carbocycles. The number of ether oxygens (including phenoxy) is 1. The molecule has 2 atom stereocenters. The van der Waals surface area contributed by atoms with Gasteiger partial charge in [-0.15, -0.1) is 0 Å². The first kappa shape index (κ1) is 13.2. The lowest BCUT2D eigenvalue weighted by atomic mass is 10.2. The Bertz CT molecular complexity index is 459. The third-order valence-electron chi connectivity index (χ3n) is 2.72. The molecule has 0 amide bonds. The quantitative estimate of drug-likeness (QED) is 0.476. The van der Waals surface area contributed by atoms with Gasteiger partial charge < -0.3 is 9.64 Å². The summed E-state index contributed by atoms with van der Waals surface area (Å²) in [5.74, 6) is 0.609. The van der Waals surface area contributed by atoms with Crippen LogP contribution in [0.3, 0.4) is 0 Å². The number of halogens is 1. The van der Waals surface area contributed by atoms with E-state index in [-0.39, 0.29) is 17.9 Å². The van der Waals surface area contributed by atoms with Crippen molar-refractivity contribution in [3.8, 4) is 0 Å². The van der Waals surface area contributed by atoms with E-state index < -0.39 is 4.92 Å². The van der Waals surface area contributed by atoms with Crippen LogP contribution in [0, 0.1) is 10.1 Å². The number of rotatable bonds is 2. The van der Waals surface area contributed by atoms with Gasteiger partial charge in [-0.3, -0.25) is 10.1 Å². The lowest BCUT2D eigenvalue weighted by Crippen LogP contribution is -2.45. The van der Waals surface area contributed by atoms with Gasteiger partial charge in [-0.05, 0) is 29.8 Å². The number of anilines is 1. The minimum Gasteiger partial charge on any atom is -0.372 e. The van der Waals surface area contributed by atoms with Crippen LogP contribution in [-0.2, 0) is 4.74 Å². The molecule has 2 heterocycles. The molecule has 0 aromatic carbocycles. The van der Waals surface area contributed by atoms with Gasteiger partial charge >= 0.3 is 0 Å². The molecule has 6 nitrogen and oxygen atoms in total. The number of aromatic nitrogens is 1. The maximum atomic E-state index is 10.8. The molecular formula is C11H14BrN3O3. The topological polar surface area (TPSA) is 68.5 Å². The molecule has 0 saturated carbocycles. The van der Waals surface area contributed by atoms with E-state index in [4.69, 9.17) is 4.74 Å². The van der Waals surface area contributed by atoms with E-state index in [1.54, 1.807) is 0 Å². The number of nitrogens with zero attached hydrogens (tertiary/aromatic N) is 3. The monoisotopic (exact) mass is 315 g/mol. The summed E-state index contributed by atoms with van der Waals surface area (Å²) in [5.41, 5.74) is 0.0404. The molecule has 1 aromatic rings. The molecular weight excluding hydrogens is 302 g/mol. The average Bonchev–Trinajstić information content (AvgIpc) is 2.26. The Morgan fingerprint density at radius 2 is 2.06 bits per heavy atom. The van der Waals surface area contributed by atoms with E-state index >= 15 is 0 Å². The van der Waals surface area contributed by atoms with Crippen LogP contribution in [0.4, 0.5) is 11.5 Å². The Hall–Kier alpha value is -1.21. The van der Waals surface area contributed by atoms with Gasteiger partial charge in [0.15, 0.2) is 0 Å². The molecule has 1 aliphatic heterocycles. The molecule has 1 aromatic heterocycles. The van der Waals surface area contributed by atoms with Crippen molar-refractivity contribution in [2.75, 3.05) is 18.0 Å². The van der Waals surface area contributed by atoms with Crippen molar-refractivity contribution < 1.29 is 9.66 Å². The van der Waals surface area contributed by atoms with Crippen LogP contribution in [0.25, 0.3) is 0 Å². The van der Waals surface area contributed by atoms with Gasteiger partial charge in [-0.25, -0.2) is 4.98 Å². The van der Waals surface area contributed by atoms with Crippen LogP contribution in [0.15, 0.2) is 16.7 Å². The van der Waals surface area contributed by atoms with Crippen molar-refractivity contribution in [1.29, 1.82) is 0 Å². The van der Waals surface area contributed by atoms with Crippen LogP contribution < -0.4 is 4.90 Å². The van der Waals surface area contributed by atoms with Gasteiger partial charge in [0, 0.05) is 19.2 Å². The van der Waals surface area contributed by atoms with Crippen LogP contribution >= 0.6 is 15.9 Å². The Kier molecular flexibility index (Phi) is 3.82. The fourth-order valence-corrected chi connectivity index (χ4v) is 2.52. The summed E-state index contributed by atoms with van der Waals surface area (Å²) in [4.78, 5) is 16.7. The molecule has 0 spiro atoms. The van der Waals surface area contributed by atoms with Crippen molar-refractivity contribution in [3.63, 3.8) is 0 Å². The van der Waals surface area contributed by atoms with Gasteiger partial charge in [0.05, 0.1) is 23.2 Å². The van der Waals surface area contributed by atoms with Crippen molar-refractivity contribution >= 4 is 27.4 Å². The van der Waals surface area contributed by atoms with Gasteiger partial charge in [-0.1, -0.05) is 0 Å². The molecule has 7 heteroatoms. The van der Waals surface area contributed by atoms with Crippen LogP contribution in [0.5, 0.6) is 0 Å². The SMILES string of the molecule is CC1CN(c2cc([N+](=O)[O-])cc(Br)n2)CC(C)O1. The highest BCUT2D eigenvalue weighted by molar-refractivity contribution is 9.10. The Morgan fingerprint density at radius 1 is 1.44 bits per heavy atom. The van der Waals surface area contributed by atoms with Crippen molar-refractivity contribution in [3.05, 3.63) is 26.9 Å². The third kappa shape index (κ3) is 2.97. The lowest BCUT2D eigenvalue weighted by molar-refractivity contribution is -0.384. The number of pyridine rings is 1. The first-order chi connectivity index (χ1) is 8.45. The number of hydrogen-bond donors (Lipinski definition) is 0. The normalized spacial score (nSPS) is 24.1. The Balaban J connectivity index is 2.29. The molecule has 98 valence electrons. The van der Waals surface area contributed by atoms with E-state index in [1.807, 2.05) is 18.7 Å². The summed E-state index contributed by atoms with van der Waals surface area (Å²) in [7, 11) is 0. The molecule has 0 N–H and O–H groups in total. The zero-order chi connectivity index (χ0) is 13.3. The minimum absolute atomic E-state index is 0.0404. The predicted octanol–water partition coefficient (Wildman–Crippen LogP) is 2.37. The molecule has 2 unspecified atom stereocenters. The van der Waals surface area contributed by atoms with Gasteiger partial charge in [-0.2, -0.15) is 0 Å². The van der Waals surface area contributed by atoms with E-state index in [0.29, 0.717) is 23.5 Å². The first-order valence-corrected chi connectivity index (χ1v) is 6.47. The fraction of sp³-hybridized carbons (Fsp3) is 0.545. The summed E-state index contributed by atoms with van der Waals surface area (Å²) >= 11 is 3.20. The molecule has 0 radical (unpaired) electrons. The second-order valence-corrected chi connectivity index (χ2v) is 5.24. The largest absolute Gasteiger partial charge is 0.372 e. The van der Waals surface area contributed by atoms with E-state index in [2.05, 4.69) is 20.9 Å². The van der Waals surface area contributed by atoms with E-state index in [9.17, 15) is 10.1 Å². The second-order valence-electron chi connectivity index (χ2n) is 4.43. The van der Waals surface area contributed by atoms with Crippen molar-refractivity contribution in [1.82, 2.24) is 4.98 Å². The Labute approximate surface area is 113 Å². The summed E-state index contributed by atoms with van der Waals surface area (Å²) in [6.45, 7) is 5.33. The van der Waals surface area contributed by atoms with Gasteiger partial charge in [0.2, 0.25) is 0 Å². The highest BCUT2D eigenvalue weighted by Crippen LogP contribution is 2.25. The summed E-state index contributed by atoms with van der Waals surface area (Å²) in [6.07, 6.45) is 0.183. The summed E-state index contributed by atoms with van der Waals surface area (Å²) < 4.78 is 6.10. The predicted molar refractivity (Wildman–Crippen MR) is 70.8 cm³/mol. The van der Waals surface area contributed by atoms with Crippen molar-refractivity contribution in [2.45, 2.75) is 26.1 Å². The zero-order valence-corrected chi connectivity index (χ0v) is 11.8. The molecule has 2 rings (SSSR count). The maximum absolute atomic E-state index is 10.8. The molecule has 1 saturated heterocycles. The van der Waals surface area contributed by atoms with Crippen molar-refractivity contribution in [2.24, 2.45) is 0 Å². The maximum Gasteiger partial charge on any atom is 0.275 e. The second kappa shape index (κ2) is 5.19. The lowest BCUT2D eigenvalue weighted by Gasteiger charge is -2.36. The Morgan fingerprint density at radius 3 is 2.61 bits per heavy atom. The molecule has 0 bridgehead atoms. The highest BCUT2D eigenvalue weighted by Gasteiger charge is 2.24. The number of nitro groups is 1. The highest BCUT2D eigenvalue weighted by atomic mass is 79.9. The van der Waals surface area contributed by atoms with Gasteiger partial charge in [0.1, 0.15) is 10.4 Å². The van der Waals surface area contributed by atoms with Crippen LogP contribution in [0.1, 0.15) is 13.8 Å². The molecule has 18 heavy (non-hydrogen) atoms. The molecule has 1 aliphatic rings. The number of morpholine rings is 1. The third-order valence-corrected chi connectivity index (χ3v) is 3.13. The zero-order valence-electron chi connectivity index (χ0n) is 10.2. The van der Waals surface area contributed by atoms with Gasteiger partial charge in [0.25, 0.3) is 5.69 Å². The number of hydrogen-bond acceptors (Lipinski definition) is 5. The summed E-state index contributed by atoms with van der Waals surface area (Å²) in [6, 6.07) is 2.90. The van der Waals surface area contributed by atoms with E-state index in [0.717, 1.165) is 0 Å².